The SMILES string of the molecule is Cc1nc(N2CCOCC2)cc(N2CCN(Cc3nnc(C)o3)CC2)n1. The molecule has 0 aromatic carbocycles. The number of ether oxygens (including phenoxy) is 1. The molecule has 0 N–H and O–H groups in total. The molecule has 140 valence electrons. The summed E-state index contributed by atoms with van der Waals surface area (Å²) in [4.78, 5) is 16.2. The molecule has 9 nitrogen and oxygen atoms in total. The predicted octanol–water partition coefficient (Wildman–Crippen LogP) is 0.635. The molecular formula is C17H25N7O2. The molecule has 2 aliphatic heterocycles. The second kappa shape index (κ2) is 7.55. The molecule has 9 heteroatoms. The van der Waals surface area contributed by atoms with Crippen molar-refractivity contribution in [2.24, 2.45) is 0 Å². The van der Waals surface area contributed by atoms with Crippen LogP contribution in [0, 0.1) is 13.8 Å². The quantitative estimate of drug-likeness (QED) is 0.780. The van der Waals surface area contributed by atoms with Crippen molar-refractivity contribution in [2.75, 3.05) is 62.3 Å². The maximum Gasteiger partial charge on any atom is 0.230 e. The minimum absolute atomic E-state index is 0.616. The van der Waals surface area contributed by atoms with Gasteiger partial charge in [0.25, 0.3) is 0 Å². The topological polar surface area (TPSA) is 83.7 Å². The lowest BCUT2D eigenvalue weighted by Gasteiger charge is -2.35. The molecule has 2 fully saturated rings. The lowest BCUT2D eigenvalue weighted by atomic mass is 10.3. The molecule has 0 bridgehead atoms. The second-order valence-electron chi connectivity index (χ2n) is 6.71. The molecule has 0 aliphatic carbocycles. The Labute approximate surface area is 153 Å². The van der Waals surface area contributed by atoms with Gasteiger partial charge in [0.1, 0.15) is 17.5 Å². The van der Waals surface area contributed by atoms with Crippen LogP contribution in [0.1, 0.15) is 17.6 Å². The first-order valence-corrected chi connectivity index (χ1v) is 9.12. The van der Waals surface area contributed by atoms with Gasteiger partial charge in [-0.15, -0.1) is 10.2 Å². The first kappa shape index (κ1) is 17.2. The number of anilines is 2. The molecule has 26 heavy (non-hydrogen) atoms. The fourth-order valence-corrected chi connectivity index (χ4v) is 3.38. The number of hydrogen-bond donors (Lipinski definition) is 0. The summed E-state index contributed by atoms with van der Waals surface area (Å²) in [7, 11) is 0. The first-order valence-electron chi connectivity index (χ1n) is 9.12. The van der Waals surface area contributed by atoms with Crippen molar-refractivity contribution in [1.29, 1.82) is 0 Å². The summed E-state index contributed by atoms with van der Waals surface area (Å²) >= 11 is 0. The van der Waals surface area contributed by atoms with Gasteiger partial charge < -0.3 is 19.0 Å². The van der Waals surface area contributed by atoms with Crippen molar-refractivity contribution in [1.82, 2.24) is 25.1 Å². The average Bonchev–Trinajstić information content (AvgIpc) is 3.07. The van der Waals surface area contributed by atoms with Crippen LogP contribution >= 0.6 is 0 Å². The minimum atomic E-state index is 0.616. The Hall–Kier alpha value is -2.26. The number of rotatable bonds is 4. The maximum atomic E-state index is 5.48. The van der Waals surface area contributed by atoms with Crippen molar-refractivity contribution >= 4 is 11.6 Å². The van der Waals surface area contributed by atoms with E-state index in [2.05, 4.69) is 40.9 Å². The maximum absolute atomic E-state index is 5.48. The zero-order valence-corrected chi connectivity index (χ0v) is 15.4. The summed E-state index contributed by atoms with van der Waals surface area (Å²) in [6, 6.07) is 2.11. The highest BCUT2D eigenvalue weighted by Gasteiger charge is 2.22. The highest BCUT2D eigenvalue weighted by molar-refractivity contribution is 5.51. The molecule has 4 heterocycles. The highest BCUT2D eigenvalue weighted by atomic mass is 16.5. The number of aryl methyl sites for hydroxylation is 2. The van der Waals surface area contributed by atoms with Gasteiger partial charge in [-0.05, 0) is 6.92 Å². The van der Waals surface area contributed by atoms with Crippen molar-refractivity contribution in [3.05, 3.63) is 23.7 Å². The van der Waals surface area contributed by atoms with E-state index in [0.29, 0.717) is 18.3 Å². The Balaban J connectivity index is 1.39. The molecule has 2 aliphatic rings. The smallest absolute Gasteiger partial charge is 0.230 e. The van der Waals surface area contributed by atoms with Crippen LogP contribution in [0.4, 0.5) is 11.6 Å². The van der Waals surface area contributed by atoms with Crippen LogP contribution < -0.4 is 9.80 Å². The van der Waals surface area contributed by atoms with Crippen molar-refractivity contribution < 1.29 is 9.15 Å². The van der Waals surface area contributed by atoms with Crippen LogP contribution in [-0.4, -0.2) is 77.5 Å². The van der Waals surface area contributed by atoms with Gasteiger partial charge in [-0.2, -0.15) is 0 Å². The summed E-state index contributed by atoms with van der Waals surface area (Å²) in [6.45, 7) is 11.5. The molecule has 0 saturated carbocycles. The molecule has 2 saturated heterocycles. The summed E-state index contributed by atoms with van der Waals surface area (Å²) in [5.74, 6) is 4.12. The molecule has 0 radical (unpaired) electrons. The Kier molecular flexibility index (Phi) is 4.98. The third kappa shape index (κ3) is 3.94. The minimum Gasteiger partial charge on any atom is -0.424 e. The van der Waals surface area contributed by atoms with Gasteiger partial charge in [-0.1, -0.05) is 0 Å². The van der Waals surface area contributed by atoms with Crippen LogP contribution in [0.15, 0.2) is 10.5 Å². The number of piperazine rings is 1. The second-order valence-corrected chi connectivity index (χ2v) is 6.71. The van der Waals surface area contributed by atoms with E-state index in [1.807, 2.05) is 13.8 Å². The lowest BCUT2D eigenvalue weighted by Crippen LogP contribution is -2.46. The van der Waals surface area contributed by atoms with Gasteiger partial charge in [-0.3, -0.25) is 4.90 Å². The Morgan fingerprint density at radius 3 is 2.15 bits per heavy atom. The van der Waals surface area contributed by atoms with E-state index < -0.39 is 0 Å². The lowest BCUT2D eigenvalue weighted by molar-refractivity contribution is 0.122. The molecule has 0 amide bonds. The van der Waals surface area contributed by atoms with Gasteiger partial charge in [0, 0.05) is 52.3 Å². The fourth-order valence-electron chi connectivity index (χ4n) is 3.38. The number of aromatic nitrogens is 4. The van der Waals surface area contributed by atoms with Crippen LogP contribution in [0.3, 0.4) is 0 Å². The van der Waals surface area contributed by atoms with Gasteiger partial charge in [0.15, 0.2) is 0 Å². The average molecular weight is 359 g/mol. The fraction of sp³-hybridized carbons (Fsp3) is 0.647. The predicted molar refractivity (Wildman–Crippen MR) is 96.3 cm³/mol. The standard InChI is InChI=1S/C17H25N7O2/c1-13-18-15(11-16(19-13)24-7-9-25-10-8-24)23-5-3-22(4-6-23)12-17-21-20-14(2)26-17/h11H,3-10,12H2,1-2H3. The Morgan fingerprint density at radius 1 is 0.885 bits per heavy atom. The molecule has 4 rings (SSSR count). The summed E-state index contributed by atoms with van der Waals surface area (Å²) in [6.07, 6.45) is 0. The van der Waals surface area contributed by atoms with Crippen LogP contribution in [-0.2, 0) is 11.3 Å². The summed E-state index contributed by atoms with van der Waals surface area (Å²) in [5, 5.41) is 7.98. The van der Waals surface area contributed by atoms with E-state index in [4.69, 9.17) is 9.15 Å². The van der Waals surface area contributed by atoms with E-state index in [9.17, 15) is 0 Å². The largest absolute Gasteiger partial charge is 0.424 e. The van der Waals surface area contributed by atoms with Gasteiger partial charge in [-0.25, -0.2) is 9.97 Å². The van der Waals surface area contributed by atoms with Gasteiger partial charge in [0.05, 0.1) is 19.8 Å². The molecular weight excluding hydrogens is 334 g/mol. The Morgan fingerprint density at radius 2 is 1.54 bits per heavy atom. The van der Waals surface area contributed by atoms with Gasteiger partial charge >= 0.3 is 0 Å². The third-order valence-electron chi connectivity index (χ3n) is 4.77. The summed E-state index contributed by atoms with van der Waals surface area (Å²) in [5.41, 5.74) is 0. The van der Waals surface area contributed by atoms with Gasteiger partial charge in [0.2, 0.25) is 11.8 Å². The van der Waals surface area contributed by atoms with Crippen molar-refractivity contribution in [3.8, 4) is 0 Å². The van der Waals surface area contributed by atoms with Crippen LogP contribution in [0.2, 0.25) is 0 Å². The Bertz CT molecular complexity index is 736. The normalized spacial score (nSPS) is 19.2. The van der Waals surface area contributed by atoms with E-state index in [1.165, 1.54) is 0 Å². The number of morpholine rings is 1. The first-order chi connectivity index (χ1) is 12.7. The van der Waals surface area contributed by atoms with Crippen molar-refractivity contribution in [2.45, 2.75) is 20.4 Å². The zero-order chi connectivity index (χ0) is 17.9. The van der Waals surface area contributed by atoms with E-state index in [0.717, 1.165) is 69.9 Å². The zero-order valence-electron chi connectivity index (χ0n) is 15.4. The number of nitrogens with zero attached hydrogens (tertiary/aromatic N) is 7. The monoisotopic (exact) mass is 359 g/mol. The molecule has 2 aromatic rings. The van der Waals surface area contributed by atoms with Crippen molar-refractivity contribution in [3.63, 3.8) is 0 Å². The van der Waals surface area contributed by atoms with E-state index in [-0.39, 0.29) is 0 Å². The molecule has 0 unspecified atom stereocenters. The van der Waals surface area contributed by atoms with Crippen LogP contribution in [0.25, 0.3) is 0 Å². The molecule has 2 aromatic heterocycles. The highest BCUT2D eigenvalue weighted by Crippen LogP contribution is 2.21. The third-order valence-corrected chi connectivity index (χ3v) is 4.77. The summed E-state index contributed by atoms with van der Waals surface area (Å²) < 4.78 is 10.9. The van der Waals surface area contributed by atoms with E-state index >= 15 is 0 Å². The number of hydrogen-bond acceptors (Lipinski definition) is 9. The van der Waals surface area contributed by atoms with E-state index in [1.54, 1.807) is 0 Å². The molecule has 0 spiro atoms. The van der Waals surface area contributed by atoms with Crippen LogP contribution in [0.5, 0.6) is 0 Å². The molecule has 0 atom stereocenters.